The lowest BCUT2D eigenvalue weighted by molar-refractivity contribution is -0.165. The first-order valence-corrected chi connectivity index (χ1v) is 63.3. The molecule has 0 aromatic carbocycles. The van der Waals surface area contributed by atoms with Gasteiger partial charge in [0.25, 0.3) is 0 Å². The van der Waals surface area contributed by atoms with Gasteiger partial charge in [0.15, 0.2) is 0 Å². The second kappa shape index (κ2) is 199. The Labute approximate surface area is 972 Å². The molecule has 13 heteroatoms. The van der Waals surface area contributed by atoms with Gasteiger partial charge in [0.2, 0.25) is 5.91 Å². The summed E-state index contributed by atoms with van der Waals surface area (Å²) in [7, 11) is 0. The number of amides is 1. The smallest absolute Gasteiger partial charge is 0.222 e. The Morgan fingerprint density at radius 2 is 0.403 bits per heavy atom. The van der Waals surface area contributed by atoms with Gasteiger partial charge < -0.3 is 34.0 Å². The van der Waals surface area contributed by atoms with Gasteiger partial charge in [-0.3, -0.25) is 24.6 Å². The first-order chi connectivity index (χ1) is 67.5. The number of carbonyl (C=O) groups is 1. The molecule has 149 heavy (non-hydrogen) atoms. The molecular weight excluding hydrogens is 1840 g/mol. The maximum atomic E-state index is 11.2. The third kappa shape index (κ3) is 171. The molecule has 9 rings (SSSR count). The van der Waals surface area contributed by atoms with E-state index < -0.39 is 0 Å². The number of carbonyl (C=O) groups excluding carboxylic acids is 1. The van der Waals surface area contributed by atoms with Crippen LogP contribution in [0.4, 0.5) is 0 Å². The second-order valence-electron chi connectivity index (χ2n) is 35.9. The Morgan fingerprint density at radius 3 is 0.544 bits per heavy atom. The highest BCUT2D eigenvalue weighted by Crippen LogP contribution is 2.37. The van der Waals surface area contributed by atoms with Crippen molar-refractivity contribution in [3.8, 4) is 0 Å². The topological polar surface area (TPSA) is 82.9 Å². The molecule has 9 aliphatic heterocycles. The van der Waals surface area contributed by atoms with Gasteiger partial charge >= 0.3 is 0 Å². The van der Waals surface area contributed by atoms with Gasteiger partial charge in [-0.1, -0.05) is 478 Å². The maximum absolute atomic E-state index is 11.2. The van der Waals surface area contributed by atoms with Crippen LogP contribution in [0, 0.1) is 29.6 Å². The molecule has 9 fully saturated rings. The van der Waals surface area contributed by atoms with Crippen molar-refractivity contribution in [2.24, 2.45) is 39.6 Å². The Balaban J connectivity index is -0.0000000343. The summed E-state index contributed by atoms with van der Waals surface area (Å²) in [6, 6.07) is 5.12. The van der Waals surface area contributed by atoms with Gasteiger partial charge in [-0.2, -0.15) is 0 Å². The average Bonchev–Trinajstić information content (AvgIpc) is 0.776. The zero-order valence-electron chi connectivity index (χ0n) is 116. The molecule has 0 radical (unpaired) electrons. The number of hydrogen-bond donors (Lipinski definition) is 0. The van der Waals surface area contributed by atoms with Crippen LogP contribution >= 0.6 is 12.2 Å². The minimum Gasteiger partial charge on any atom is -0.377 e. The minimum absolute atomic E-state index is 0. The lowest BCUT2D eigenvalue weighted by atomic mass is 9.84. The lowest BCUT2D eigenvalue weighted by Gasteiger charge is -2.54. The molecule has 2 spiro atoms. The van der Waals surface area contributed by atoms with E-state index in [0.717, 1.165) is 81.8 Å². The molecule has 946 valence electrons. The number of piperidine rings is 7. The number of amidine groups is 2. The van der Waals surface area contributed by atoms with Gasteiger partial charge in [-0.25, -0.2) is 0 Å². The maximum Gasteiger partial charge on any atom is 0.222 e. The van der Waals surface area contributed by atoms with Gasteiger partial charge in [-0.05, 0) is 270 Å². The molecule has 9 aliphatic rings. The Bertz CT molecular complexity index is 1860. The van der Waals surface area contributed by atoms with Crippen molar-refractivity contribution in [2.75, 3.05) is 72.2 Å². The van der Waals surface area contributed by atoms with Crippen molar-refractivity contribution < 1.29 is 14.3 Å². The molecule has 0 N–H and O–H groups in total. The second-order valence-corrected chi connectivity index (χ2v) is 36.4. The number of hydrogen-bond acceptors (Lipinski definition) is 9. The van der Waals surface area contributed by atoms with Crippen LogP contribution in [0.1, 0.15) is 706 Å². The molecule has 0 bridgehead atoms. The summed E-state index contributed by atoms with van der Waals surface area (Å²) in [6.45, 7) is 173. The first-order valence-electron chi connectivity index (χ1n) is 62.9. The Hall–Kier alpha value is -2.32. The van der Waals surface area contributed by atoms with E-state index in [2.05, 4.69) is 274 Å². The van der Waals surface area contributed by atoms with E-state index >= 15 is 0 Å². The van der Waals surface area contributed by atoms with Crippen molar-refractivity contribution in [1.82, 2.24) is 34.3 Å². The lowest BCUT2D eigenvalue weighted by Crippen LogP contribution is -2.65. The fourth-order valence-corrected chi connectivity index (χ4v) is 13.5. The summed E-state index contributed by atoms with van der Waals surface area (Å²) in [6.07, 6.45) is 26.5. The van der Waals surface area contributed by atoms with E-state index in [0.29, 0.717) is 71.4 Å². The minimum atomic E-state index is 0. The molecule has 9 saturated heterocycles. The zero-order valence-corrected chi connectivity index (χ0v) is 116. The first kappa shape index (κ1) is 233. The van der Waals surface area contributed by atoms with Crippen molar-refractivity contribution in [2.45, 2.75) is 772 Å². The van der Waals surface area contributed by atoms with Crippen molar-refractivity contribution in [1.29, 1.82) is 0 Å². The van der Waals surface area contributed by atoms with Crippen LogP contribution in [0.2, 0.25) is 0 Å². The normalized spacial score (nSPS) is 14.7. The standard InChI is InChI=1S/2C11H22N2.2C10H19NO.C9H17N.C8H15NO.C8H15NS.5C4H10.21C2H6.7CH4/c2*1-9(2)12-11-7-5-6-8-13(11)10(3)4;2*1-9(2)11-6-4-3-5-10(11)7-12-8-10;1-8(2)10-7-5-4-6-9(10)3;2*1-7(2)9-6-4-3-5-8(9)10;5*1-4(2)3;21*1-2;;;;;;;/h2*9-10H,5-8H2,1-4H3;2*9H,3-8H2,1-2H3;8H,3-7H2,1-2H3;2*7H,3-6H2,1-2H3;5*4H,1-3H3;21*1-2H3;7*1H4. The largest absolute Gasteiger partial charge is 0.377 e. The summed E-state index contributed by atoms with van der Waals surface area (Å²) < 4.78 is 10.7. The van der Waals surface area contributed by atoms with E-state index in [-0.39, 0.29) is 52.0 Å². The number of rotatable bonds is 9. The average molecular weight is 2180 g/mol. The number of ether oxygens (including phenoxy) is 2. The highest BCUT2D eigenvalue weighted by molar-refractivity contribution is 7.80. The fraction of sp³-hybridized carbons (Fsp3) is 0.956. The highest BCUT2D eigenvalue weighted by atomic mass is 32.1. The van der Waals surface area contributed by atoms with Gasteiger partial charge in [0.05, 0.1) is 54.2 Å². The quantitative estimate of drug-likeness (QED) is 0.208. The van der Waals surface area contributed by atoms with E-state index in [9.17, 15) is 4.79 Å². The predicted molar refractivity (Wildman–Crippen MR) is 737 cm³/mol. The highest BCUT2D eigenvalue weighted by Gasteiger charge is 2.47. The summed E-state index contributed by atoms with van der Waals surface area (Å²) in [5.74, 6) is 7.16. The van der Waals surface area contributed by atoms with Crippen LogP contribution in [0.25, 0.3) is 0 Å². The zero-order chi connectivity index (χ0) is 119. The van der Waals surface area contributed by atoms with Crippen molar-refractivity contribution in [3.05, 3.63) is 12.3 Å². The number of thiocarbonyl (C=S) groups is 1. The van der Waals surface area contributed by atoms with E-state index in [1.165, 1.54) is 177 Å². The molecule has 0 aliphatic carbocycles. The van der Waals surface area contributed by atoms with Gasteiger partial charge in [0, 0.05) is 112 Å². The van der Waals surface area contributed by atoms with E-state index in [4.69, 9.17) is 21.7 Å². The summed E-state index contributed by atoms with van der Waals surface area (Å²) in [5.41, 5.74) is 2.24. The molecule has 0 atom stereocenters. The molecule has 12 nitrogen and oxygen atoms in total. The fourth-order valence-electron chi connectivity index (χ4n) is 13.1. The summed E-state index contributed by atoms with van der Waals surface area (Å²) in [5, 5.41) is 0. The van der Waals surface area contributed by atoms with Crippen LogP contribution in [-0.2, 0) is 14.3 Å². The number of allylic oxidation sites excluding steroid dienone is 1. The molecule has 1 amide bonds. The van der Waals surface area contributed by atoms with E-state index in [1.807, 2.05) is 296 Å². The van der Waals surface area contributed by atoms with Gasteiger partial charge in [-0.15, -0.1) is 0 Å². The molecule has 0 aromatic heterocycles. The molecule has 0 aromatic rings. The van der Waals surface area contributed by atoms with Crippen LogP contribution in [-0.4, -0.2) is 195 Å². The third-order valence-electron chi connectivity index (χ3n) is 17.5. The Morgan fingerprint density at radius 1 is 0.228 bits per heavy atom. The predicted octanol–water partition coefficient (Wildman–Crippen LogP) is 49.0. The third-order valence-corrected chi connectivity index (χ3v) is 17.9. The summed E-state index contributed by atoms with van der Waals surface area (Å²) >= 11 is 5.23. The molecule has 0 unspecified atom stereocenters. The molecule has 9 heterocycles. The molecular formula is C136H333N9O3S. The summed E-state index contributed by atoms with van der Waals surface area (Å²) in [4.78, 5) is 38.6. The van der Waals surface area contributed by atoms with Gasteiger partial charge in [0.1, 0.15) is 0 Å². The van der Waals surface area contributed by atoms with E-state index in [1.54, 1.807) is 0 Å². The van der Waals surface area contributed by atoms with Crippen LogP contribution < -0.4 is 0 Å². The SMILES string of the molecule is C.C.C.C.C.C.C.C=C1CCCCN1C(C)C.CC.CC.CC.CC.CC.CC.CC.CC.CC.CC.CC.CC.CC.CC.CC.CC.CC.CC.CC.CC.CC.CC(C)C.CC(C)C.CC(C)C.CC(C)C.CC(C)C.CC(C)N1CCCCC12COC2.CC(C)N1CCCCC12COC2.CC(C)N1CCCCC1=O.CC(C)N1CCCCC1=S.CC(C)N=C1CCCCN1C(C)C.CC(C)N=C1CCCCN1C(C)C. The van der Waals surface area contributed by atoms with Crippen LogP contribution in [0.3, 0.4) is 0 Å². The van der Waals surface area contributed by atoms with Crippen LogP contribution in [0.5, 0.6) is 0 Å². The number of likely N-dealkylation sites (tertiary alicyclic amines) is 7. The van der Waals surface area contributed by atoms with Crippen LogP contribution in [0.15, 0.2) is 22.3 Å². The monoisotopic (exact) mass is 2170 g/mol. The molecule has 0 saturated carbocycles. The number of aliphatic imine (C=N–C) groups is 2. The van der Waals surface area contributed by atoms with Crippen molar-refractivity contribution in [3.63, 3.8) is 0 Å². The van der Waals surface area contributed by atoms with Crippen molar-refractivity contribution >= 4 is 34.8 Å². The number of nitrogens with zero attached hydrogens (tertiary/aromatic N) is 9. The Kier molecular flexibility index (Phi) is 311.